The lowest BCUT2D eigenvalue weighted by Crippen LogP contribution is -2.67. The molecule has 1 heterocycles. The maximum atomic E-state index is 6.45. The van der Waals surface area contributed by atoms with E-state index in [-0.39, 0.29) is 0 Å². The fourth-order valence-corrected chi connectivity index (χ4v) is 23.3. The molecule has 0 aromatic heterocycles. The van der Waals surface area contributed by atoms with Gasteiger partial charge < -0.3 is 21.4 Å². The molecule has 1 aromatic rings. The molecule has 22 heavy (non-hydrogen) atoms. The summed E-state index contributed by atoms with van der Waals surface area (Å²) < 4.78 is 25.5. The quantitative estimate of drug-likeness (QED) is 0.798. The van der Waals surface area contributed by atoms with Crippen LogP contribution in [-0.4, -0.2) is 34.4 Å². The van der Waals surface area contributed by atoms with Gasteiger partial charge in [-0.3, -0.25) is 0 Å². The standard InChI is InChI=1S/C13H27NO4Si4/c1-19(2)15-20(3,4)17-22(7,18-21(5,6)16-19)14-13-11-9-8-10-12-13/h8-12,14H,1-7H3. The van der Waals surface area contributed by atoms with Gasteiger partial charge in [-0.15, -0.1) is 0 Å². The summed E-state index contributed by atoms with van der Waals surface area (Å²) in [7, 11) is -9.53. The maximum Gasteiger partial charge on any atom is 0.435 e. The molecule has 1 aromatic carbocycles. The van der Waals surface area contributed by atoms with E-state index in [1.807, 2.05) is 36.9 Å². The zero-order valence-corrected chi connectivity index (χ0v) is 18.5. The Hall–Kier alpha value is -0.272. The number of hydrogen-bond acceptors (Lipinski definition) is 5. The molecule has 2 rings (SSSR count). The highest BCUT2D eigenvalue weighted by Gasteiger charge is 2.53. The van der Waals surface area contributed by atoms with E-state index < -0.39 is 34.4 Å². The summed E-state index contributed by atoms with van der Waals surface area (Å²) in [6.07, 6.45) is 0. The third kappa shape index (κ3) is 5.13. The molecule has 1 N–H and O–H groups in total. The predicted molar refractivity (Wildman–Crippen MR) is 98.5 cm³/mol. The summed E-state index contributed by atoms with van der Waals surface area (Å²) in [6.45, 7) is 14.4. The van der Waals surface area contributed by atoms with E-state index in [0.29, 0.717) is 0 Å². The molecule has 0 atom stereocenters. The van der Waals surface area contributed by atoms with Crippen LogP contribution in [0.3, 0.4) is 0 Å². The van der Waals surface area contributed by atoms with E-state index in [9.17, 15) is 0 Å². The highest BCUT2D eigenvalue weighted by Crippen LogP contribution is 2.31. The van der Waals surface area contributed by atoms with Crippen molar-refractivity contribution in [1.82, 2.24) is 0 Å². The lowest BCUT2D eigenvalue weighted by molar-refractivity contribution is 0.238. The summed E-state index contributed by atoms with van der Waals surface area (Å²) in [5.74, 6) is 0. The van der Waals surface area contributed by atoms with Gasteiger partial charge in [0.15, 0.2) is 0 Å². The van der Waals surface area contributed by atoms with E-state index in [2.05, 4.69) is 44.3 Å². The van der Waals surface area contributed by atoms with Crippen LogP contribution >= 0.6 is 0 Å². The number of nitrogens with one attached hydrogen (secondary N) is 1. The third-order valence-corrected chi connectivity index (χ3v) is 18.7. The van der Waals surface area contributed by atoms with Gasteiger partial charge in [-0.2, -0.15) is 0 Å². The maximum absolute atomic E-state index is 6.45. The van der Waals surface area contributed by atoms with Crippen molar-refractivity contribution in [2.24, 2.45) is 0 Å². The summed E-state index contributed by atoms with van der Waals surface area (Å²) in [5, 5.41) is 0. The zero-order valence-electron chi connectivity index (χ0n) is 14.5. The normalized spacial score (nSPS) is 25.8. The van der Waals surface area contributed by atoms with E-state index in [1.165, 1.54) is 0 Å². The third-order valence-electron chi connectivity index (χ3n) is 3.01. The lowest BCUT2D eigenvalue weighted by atomic mass is 10.3. The Bertz CT molecular complexity index is 502. The molecule has 1 aliphatic rings. The predicted octanol–water partition coefficient (Wildman–Crippen LogP) is 3.85. The molecular weight excluding hydrogens is 346 g/mol. The van der Waals surface area contributed by atoms with Gasteiger partial charge in [-0.1, -0.05) is 18.2 Å². The Morgan fingerprint density at radius 2 is 1.05 bits per heavy atom. The molecule has 0 unspecified atom stereocenters. The van der Waals surface area contributed by atoms with Gasteiger partial charge in [0.25, 0.3) is 0 Å². The van der Waals surface area contributed by atoms with E-state index in [0.717, 1.165) is 5.69 Å². The molecule has 9 heteroatoms. The first-order valence-electron chi connectivity index (χ1n) is 7.54. The van der Waals surface area contributed by atoms with Crippen molar-refractivity contribution in [3.8, 4) is 0 Å². The fraction of sp³-hybridized carbons (Fsp3) is 0.538. The summed E-state index contributed by atoms with van der Waals surface area (Å²) in [4.78, 5) is 3.48. The lowest BCUT2D eigenvalue weighted by Gasteiger charge is -2.47. The van der Waals surface area contributed by atoms with Crippen LogP contribution in [0.2, 0.25) is 45.8 Å². The van der Waals surface area contributed by atoms with Gasteiger partial charge in [0, 0.05) is 5.69 Å². The first-order chi connectivity index (χ1) is 9.91. The highest BCUT2D eigenvalue weighted by atomic mass is 28.5. The molecule has 0 radical (unpaired) electrons. The number of benzene rings is 1. The first kappa shape index (κ1) is 18.1. The van der Waals surface area contributed by atoms with Crippen molar-refractivity contribution in [2.45, 2.75) is 45.8 Å². The van der Waals surface area contributed by atoms with Crippen LogP contribution in [0.5, 0.6) is 0 Å². The summed E-state index contributed by atoms with van der Waals surface area (Å²) in [5.41, 5.74) is 1.00. The van der Waals surface area contributed by atoms with Crippen molar-refractivity contribution in [3.05, 3.63) is 30.3 Å². The van der Waals surface area contributed by atoms with Gasteiger partial charge in [0.2, 0.25) is 0 Å². The van der Waals surface area contributed by atoms with Crippen molar-refractivity contribution >= 4 is 40.1 Å². The monoisotopic (exact) mass is 373 g/mol. The Morgan fingerprint density at radius 1 is 0.636 bits per heavy atom. The molecule has 0 saturated carbocycles. The fourth-order valence-electron chi connectivity index (χ4n) is 3.04. The number of para-hydroxylation sites is 1. The van der Waals surface area contributed by atoms with Gasteiger partial charge in [0.1, 0.15) is 0 Å². The van der Waals surface area contributed by atoms with Crippen molar-refractivity contribution in [1.29, 1.82) is 0 Å². The molecule has 1 fully saturated rings. The summed E-state index contributed by atoms with van der Waals surface area (Å²) in [6, 6.07) is 10.0. The SMILES string of the molecule is C[Si]1(C)O[Si](C)(C)O[Si](C)(Nc2ccccc2)O[Si](C)(C)O1. The molecule has 1 aliphatic heterocycles. The number of anilines is 1. The first-order valence-corrected chi connectivity index (χ1v) is 18.3. The molecule has 0 aliphatic carbocycles. The topological polar surface area (TPSA) is 49.0 Å². The molecule has 1 saturated heterocycles. The van der Waals surface area contributed by atoms with Gasteiger partial charge in [-0.05, 0) is 58.0 Å². The second-order valence-electron chi connectivity index (χ2n) is 7.04. The summed E-state index contributed by atoms with van der Waals surface area (Å²) >= 11 is 0. The second-order valence-corrected chi connectivity index (χ2v) is 20.9. The minimum absolute atomic E-state index is 1.00. The molecule has 0 amide bonds. The van der Waals surface area contributed by atoms with Crippen LogP contribution in [0.4, 0.5) is 5.69 Å². The van der Waals surface area contributed by atoms with E-state index in [1.54, 1.807) is 0 Å². The van der Waals surface area contributed by atoms with Crippen LogP contribution in [0.25, 0.3) is 0 Å². The Morgan fingerprint density at radius 3 is 1.50 bits per heavy atom. The van der Waals surface area contributed by atoms with Crippen LogP contribution < -0.4 is 4.98 Å². The van der Waals surface area contributed by atoms with Crippen LogP contribution in [-0.2, 0) is 16.5 Å². The van der Waals surface area contributed by atoms with Gasteiger partial charge in [-0.25, -0.2) is 0 Å². The Labute approximate surface area is 138 Å². The highest BCUT2D eigenvalue weighted by molar-refractivity contribution is 6.93. The van der Waals surface area contributed by atoms with Crippen LogP contribution in [0.1, 0.15) is 0 Å². The molecular formula is C13H27NO4Si4. The molecule has 124 valence electrons. The van der Waals surface area contributed by atoms with Crippen LogP contribution in [0, 0.1) is 0 Å². The Balaban J connectivity index is 2.29. The van der Waals surface area contributed by atoms with Gasteiger partial charge >= 0.3 is 34.4 Å². The largest absolute Gasteiger partial charge is 0.435 e. The van der Waals surface area contributed by atoms with Crippen molar-refractivity contribution < 1.29 is 16.5 Å². The van der Waals surface area contributed by atoms with Crippen molar-refractivity contribution in [3.63, 3.8) is 0 Å². The second kappa shape index (κ2) is 5.98. The molecule has 0 spiro atoms. The molecule has 5 nitrogen and oxygen atoms in total. The smallest absolute Gasteiger partial charge is 0.416 e. The average molecular weight is 374 g/mol. The van der Waals surface area contributed by atoms with Crippen molar-refractivity contribution in [2.75, 3.05) is 4.98 Å². The minimum atomic E-state index is -2.65. The molecule has 0 bridgehead atoms. The van der Waals surface area contributed by atoms with E-state index in [4.69, 9.17) is 16.5 Å². The Kier molecular flexibility index (Phi) is 4.91. The van der Waals surface area contributed by atoms with E-state index >= 15 is 0 Å². The van der Waals surface area contributed by atoms with Gasteiger partial charge in [0.05, 0.1) is 0 Å². The number of rotatable bonds is 2. The minimum Gasteiger partial charge on any atom is -0.416 e. The zero-order chi connectivity index (χ0) is 16.6. The number of hydrogen-bond donors (Lipinski definition) is 1. The van der Waals surface area contributed by atoms with Crippen LogP contribution in [0.15, 0.2) is 30.3 Å². The average Bonchev–Trinajstić information content (AvgIpc) is 2.21.